The molecule has 0 spiro atoms. The molecule has 0 bridgehead atoms. The van der Waals surface area contributed by atoms with Gasteiger partial charge >= 0.3 is 0 Å². The van der Waals surface area contributed by atoms with Crippen molar-refractivity contribution in [2.45, 2.75) is 25.9 Å². The van der Waals surface area contributed by atoms with Gasteiger partial charge in [0.2, 0.25) is 0 Å². The quantitative estimate of drug-likeness (QED) is 0.800. The second-order valence-electron chi connectivity index (χ2n) is 4.02. The number of aromatic nitrogens is 1. The van der Waals surface area contributed by atoms with E-state index in [0.717, 1.165) is 18.5 Å². The third-order valence-electron chi connectivity index (χ3n) is 2.18. The lowest BCUT2D eigenvalue weighted by molar-refractivity contribution is 0.312. The average molecular weight is 211 g/mol. The molecule has 84 valence electrons. The van der Waals surface area contributed by atoms with Crippen LogP contribution < -0.4 is 5.73 Å². The van der Waals surface area contributed by atoms with Crippen LogP contribution in [0.25, 0.3) is 0 Å². The minimum Gasteiger partial charge on any atom is -0.328 e. The molecule has 0 saturated carbocycles. The van der Waals surface area contributed by atoms with Gasteiger partial charge in [-0.25, -0.2) is 4.39 Å². The lowest BCUT2D eigenvalue weighted by atomic mass is 10.2. The maximum absolute atomic E-state index is 12.8. The monoisotopic (exact) mass is 211 g/mol. The van der Waals surface area contributed by atoms with Crippen molar-refractivity contribution in [3.8, 4) is 0 Å². The second-order valence-corrected chi connectivity index (χ2v) is 4.02. The molecule has 0 aliphatic heterocycles. The van der Waals surface area contributed by atoms with Crippen LogP contribution in [0.4, 0.5) is 4.39 Å². The molecule has 1 heterocycles. The molecule has 0 fully saturated rings. The molecule has 4 heteroatoms. The number of pyridine rings is 1. The van der Waals surface area contributed by atoms with E-state index in [2.05, 4.69) is 9.88 Å². The fourth-order valence-electron chi connectivity index (χ4n) is 1.36. The maximum Gasteiger partial charge on any atom is 0.141 e. The fraction of sp³-hybridized carbons (Fsp3) is 0.545. The summed E-state index contributed by atoms with van der Waals surface area (Å²) in [5.41, 5.74) is 6.55. The number of hydrogen-bond donors (Lipinski definition) is 1. The van der Waals surface area contributed by atoms with Crippen molar-refractivity contribution in [3.63, 3.8) is 0 Å². The lowest BCUT2D eigenvalue weighted by Crippen LogP contribution is -2.25. The summed E-state index contributed by atoms with van der Waals surface area (Å²) in [4.78, 5) is 5.92. The molecule has 0 amide bonds. The van der Waals surface area contributed by atoms with E-state index in [-0.39, 0.29) is 11.9 Å². The molecule has 1 aromatic rings. The standard InChI is InChI=1S/C11H18FN3/c1-9(13)3-4-15(2)8-10-5-11(12)7-14-6-10/h5-7,9H,3-4,8,13H2,1-2H3. The first kappa shape index (κ1) is 12.1. The Kier molecular flexibility index (Phi) is 4.65. The molecule has 1 aromatic heterocycles. The third kappa shape index (κ3) is 4.85. The van der Waals surface area contributed by atoms with Crippen molar-refractivity contribution >= 4 is 0 Å². The van der Waals surface area contributed by atoms with Crippen molar-refractivity contribution < 1.29 is 4.39 Å². The Hall–Kier alpha value is -1.00. The van der Waals surface area contributed by atoms with E-state index < -0.39 is 0 Å². The Morgan fingerprint density at radius 2 is 2.27 bits per heavy atom. The summed E-state index contributed by atoms with van der Waals surface area (Å²) in [6.45, 7) is 3.60. The van der Waals surface area contributed by atoms with Crippen LogP contribution in [-0.4, -0.2) is 29.5 Å². The molecule has 1 rings (SSSR count). The average Bonchev–Trinajstić information content (AvgIpc) is 2.15. The zero-order valence-electron chi connectivity index (χ0n) is 9.28. The Balaban J connectivity index is 2.40. The van der Waals surface area contributed by atoms with Gasteiger partial charge in [0.1, 0.15) is 5.82 Å². The van der Waals surface area contributed by atoms with Gasteiger partial charge in [0, 0.05) is 18.8 Å². The Morgan fingerprint density at radius 3 is 2.87 bits per heavy atom. The van der Waals surface area contributed by atoms with Gasteiger partial charge in [0.25, 0.3) is 0 Å². The van der Waals surface area contributed by atoms with Crippen LogP contribution in [0.1, 0.15) is 18.9 Å². The van der Waals surface area contributed by atoms with Gasteiger partial charge in [0.05, 0.1) is 6.20 Å². The number of halogens is 1. The van der Waals surface area contributed by atoms with Crippen LogP contribution in [0.5, 0.6) is 0 Å². The largest absolute Gasteiger partial charge is 0.328 e. The zero-order valence-corrected chi connectivity index (χ0v) is 9.28. The molecule has 0 aliphatic rings. The highest BCUT2D eigenvalue weighted by molar-refractivity contribution is 5.09. The summed E-state index contributed by atoms with van der Waals surface area (Å²) in [6, 6.07) is 1.72. The molecular weight excluding hydrogens is 193 g/mol. The molecule has 0 aliphatic carbocycles. The summed E-state index contributed by atoms with van der Waals surface area (Å²) >= 11 is 0. The van der Waals surface area contributed by atoms with Crippen LogP contribution in [0.2, 0.25) is 0 Å². The number of nitrogens with zero attached hydrogens (tertiary/aromatic N) is 2. The van der Waals surface area contributed by atoms with E-state index in [1.807, 2.05) is 14.0 Å². The SMILES string of the molecule is CC(N)CCN(C)Cc1cncc(F)c1. The van der Waals surface area contributed by atoms with Crippen LogP contribution in [0.3, 0.4) is 0 Å². The van der Waals surface area contributed by atoms with Crippen LogP contribution >= 0.6 is 0 Å². The van der Waals surface area contributed by atoms with E-state index in [1.54, 1.807) is 6.20 Å². The predicted octanol–water partition coefficient (Wildman–Crippen LogP) is 1.39. The van der Waals surface area contributed by atoms with E-state index >= 15 is 0 Å². The lowest BCUT2D eigenvalue weighted by Gasteiger charge is -2.17. The van der Waals surface area contributed by atoms with Gasteiger partial charge in [-0.2, -0.15) is 0 Å². The van der Waals surface area contributed by atoms with E-state index in [1.165, 1.54) is 12.3 Å². The topological polar surface area (TPSA) is 42.1 Å². The van der Waals surface area contributed by atoms with Crippen LogP contribution in [0, 0.1) is 5.82 Å². The van der Waals surface area contributed by atoms with Gasteiger partial charge in [-0.05, 0) is 38.6 Å². The number of rotatable bonds is 5. The van der Waals surface area contributed by atoms with Gasteiger partial charge in [0.15, 0.2) is 0 Å². The first-order chi connectivity index (χ1) is 7.08. The van der Waals surface area contributed by atoms with Gasteiger partial charge in [-0.3, -0.25) is 4.98 Å². The van der Waals surface area contributed by atoms with E-state index in [9.17, 15) is 4.39 Å². The smallest absolute Gasteiger partial charge is 0.141 e. The van der Waals surface area contributed by atoms with Crippen molar-refractivity contribution in [1.82, 2.24) is 9.88 Å². The summed E-state index contributed by atoms with van der Waals surface area (Å²) in [5, 5.41) is 0. The Labute approximate surface area is 90.1 Å². The molecule has 15 heavy (non-hydrogen) atoms. The highest BCUT2D eigenvalue weighted by Crippen LogP contribution is 2.04. The highest BCUT2D eigenvalue weighted by atomic mass is 19.1. The molecule has 0 aromatic carbocycles. The summed E-state index contributed by atoms with van der Waals surface area (Å²) in [6.07, 6.45) is 3.84. The first-order valence-corrected chi connectivity index (χ1v) is 5.11. The molecule has 0 saturated heterocycles. The third-order valence-corrected chi connectivity index (χ3v) is 2.18. The molecule has 2 N–H and O–H groups in total. The van der Waals surface area contributed by atoms with Gasteiger partial charge < -0.3 is 10.6 Å². The highest BCUT2D eigenvalue weighted by Gasteiger charge is 2.03. The van der Waals surface area contributed by atoms with Gasteiger partial charge in [-0.15, -0.1) is 0 Å². The summed E-state index contributed by atoms with van der Waals surface area (Å²) < 4.78 is 12.8. The van der Waals surface area contributed by atoms with Crippen molar-refractivity contribution in [2.24, 2.45) is 5.73 Å². The van der Waals surface area contributed by atoms with Crippen molar-refractivity contribution in [2.75, 3.05) is 13.6 Å². The second kappa shape index (κ2) is 5.78. The molecule has 3 nitrogen and oxygen atoms in total. The Bertz CT molecular complexity index is 302. The molecule has 1 unspecified atom stereocenters. The van der Waals surface area contributed by atoms with Crippen molar-refractivity contribution in [3.05, 3.63) is 29.8 Å². The predicted molar refractivity (Wildman–Crippen MR) is 58.8 cm³/mol. The molecule has 0 radical (unpaired) electrons. The zero-order chi connectivity index (χ0) is 11.3. The maximum atomic E-state index is 12.8. The molecular formula is C11H18FN3. The van der Waals surface area contributed by atoms with E-state index in [4.69, 9.17) is 5.73 Å². The van der Waals surface area contributed by atoms with E-state index in [0.29, 0.717) is 6.54 Å². The normalized spacial score (nSPS) is 13.1. The van der Waals surface area contributed by atoms with Crippen LogP contribution in [0.15, 0.2) is 18.5 Å². The minimum atomic E-state index is -0.284. The first-order valence-electron chi connectivity index (χ1n) is 5.11. The Morgan fingerprint density at radius 1 is 1.53 bits per heavy atom. The van der Waals surface area contributed by atoms with Gasteiger partial charge in [-0.1, -0.05) is 0 Å². The van der Waals surface area contributed by atoms with Crippen molar-refractivity contribution in [1.29, 1.82) is 0 Å². The minimum absolute atomic E-state index is 0.207. The summed E-state index contributed by atoms with van der Waals surface area (Å²) in [5.74, 6) is -0.284. The van der Waals surface area contributed by atoms with Crippen LogP contribution in [-0.2, 0) is 6.54 Å². The number of hydrogen-bond acceptors (Lipinski definition) is 3. The fourth-order valence-corrected chi connectivity index (χ4v) is 1.36. The molecule has 1 atom stereocenters. The summed E-state index contributed by atoms with van der Waals surface area (Å²) in [7, 11) is 1.99. The number of nitrogens with two attached hydrogens (primary N) is 1.